The summed E-state index contributed by atoms with van der Waals surface area (Å²) in [4.78, 5) is 18.5. The molecule has 0 spiro atoms. The number of piperazine rings is 1. The molecule has 0 radical (unpaired) electrons. The lowest BCUT2D eigenvalue weighted by atomic mass is 9.84. The number of nitrogens with zero attached hydrogens (tertiary/aromatic N) is 3. The van der Waals surface area contributed by atoms with Gasteiger partial charge < -0.3 is 9.80 Å². The molecule has 1 aliphatic carbocycles. The maximum Gasteiger partial charge on any atom is 0.219 e. The van der Waals surface area contributed by atoms with Crippen molar-refractivity contribution in [3.63, 3.8) is 0 Å². The number of rotatable bonds is 4. The summed E-state index contributed by atoms with van der Waals surface area (Å²) in [6, 6.07) is 11.4. The first-order valence-corrected chi connectivity index (χ1v) is 9.39. The molecule has 3 rings (SSSR count). The minimum absolute atomic E-state index is 0.224. The second-order valence-electron chi connectivity index (χ2n) is 7.43. The van der Waals surface area contributed by atoms with Gasteiger partial charge in [-0.15, -0.1) is 0 Å². The van der Waals surface area contributed by atoms with E-state index in [2.05, 4.69) is 47.2 Å². The number of carbonyl (C=O) groups is 1. The van der Waals surface area contributed by atoms with Gasteiger partial charge >= 0.3 is 0 Å². The zero-order valence-electron chi connectivity index (χ0n) is 15.2. The summed E-state index contributed by atoms with van der Waals surface area (Å²) < 4.78 is 0. The van der Waals surface area contributed by atoms with Crippen LogP contribution >= 0.6 is 0 Å². The predicted octanol–water partition coefficient (Wildman–Crippen LogP) is 2.85. The van der Waals surface area contributed by atoms with Crippen molar-refractivity contribution in [1.82, 2.24) is 9.80 Å². The van der Waals surface area contributed by atoms with Gasteiger partial charge in [0.1, 0.15) is 0 Å². The van der Waals surface area contributed by atoms with E-state index in [1.807, 2.05) is 4.90 Å². The summed E-state index contributed by atoms with van der Waals surface area (Å²) in [5.41, 5.74) is 1.32. The fourth-order valence-electron chi connectivity index (χ4n) is 4.27. The number of hydrogen-bond donors (Lipinski definition) is 0. The summed E-state index contributed by atoms with van der Waals surface area (Å²) in [6.45, 7) is 6.77. The van der Waals surface area contributed by atoms with E-state index in [-0.39, 0.29) is 5.91 Å². The fraction of sp³-hybridized carbons (Fsp3) is 0.650. The normalized spacial score (nSPS) is 25.5. The van der Waals surface area contributed by atoms with Crippen molar-refractivity contribution in [2.24, 2.45) is 5.92 Å². The smallest absolute Gasteiger partial charge is 0.219 e. The molecule has 0 bridgehead atoms. The van der Waals surface area contributed by atoms with Crippen LogP contribution in [0.25, 0.3) is 0 Å². The van der Waals surface area contributed by atoms with E-state index in [1.54, 1.807) is 6.92 Å². The van der Waals surface area contributed by atoms with Crippen LogP contribution in [-0.2, 0) is 4.79 Å². The van der Waals surface area contributed by atoms with Gasteiger partial charge in [-0.3, -0.25) is 9.69 Å². The van der Waals surface area contributed by atoms with Gasteiger partial charge in [0.2, 0.25) is 5.91 Å². The van der Waals surface area contributed by atoms with E-state index >= 15 is 0 Å². The zero-order valence-corrected chi connectivity index (χ0v) is 15.2. The van der Waals surface area contributed by atoms with E-state index in [0.717, 1.165) is 44.7 Å². The zero-order chi connectivity index (χ0) is 16.9. The molecule has 1 saturated heterocycles. The molecular weight excluding hydrogens is 298 g/mol. The van der Waals surface area contributed by atoms with Crippen LogP contribution < -0.4 is 4.90 Å². The van der Waals surface area contributed by atoms with Gasteiger partial charge in [0, 0.05) is 58.4 Å². The van der Waals surface area contributed by atoms with Crippen LogP contribution in [-0.4, -0.2) is 61.5 Å². The standard InChI is InChI=1S/C20H31N3O/c1-17(24)22-12-14-23(15-13-22)20-10-8-18(9-11-20)16-21(2)19-6-4-3-5-7-19/h3-7,18,20H,8-16H2,1-2H3. The van der Waals surface area contributed by atoms with Crippen molar-refractivity contribution in [3.05, 3.63) is 30.3 Å². The van der Waals surface area contributed by atoms with Gasteiger partial charge in [-0.25, -0.2) is 0 Å². The number of benzene rings is 1. The molecule has 2 aliphatic rings. The molecule has 0 aromatic heterocycles. The van der Waals surface area contributed by atoms with E-state index in [0.29, 0.717) is 0 Å². The molecule has 1 heterocycles. The van der Waals surface area contributed by atoms with Gasteiger partial charge in [-0.1, -0.05) is 18.2 Å². The van der Waals surface area contributed by atoms with Gasteiger partial charge in [-0.05, 0) is 43.7 Å². The quantitative estimate of drug-likeness (QED) is 0.850. The van der Waals surface area contributed by atoms with Crippen LogP contribution in [0.4, 0.5) is 5.69 Å². The van der Waals surface area contributed by atoms with Crippen molar-refractivity contribution in [2.45, 2.75) is 38.6 Å². The van der Waals surface area contributed by atoms with Crippen molar-refractivity contribution < 1.29 is 4.79 Å². The lowest BCUT2D eigenvalue weighted by Gasteiger charge is -2.42. The molecule has 1 aliphatic heterocycles. The highest BCUT2D eigenvalue weighted by Crippen LogP contribution is 2.29. The Hall–Kier alpha value is -1.55. The highest BCUT2D eigenvalue weighted by atomic mass is 16.2. The van der Waals surface area contributed by atoms with Crippen LogP contribution in [0.15, 0.2) is 30.3 Å². The third-order valence-electron chi connectivity index (χ3n) is 5.82. The number of para-hydroxylation sites is 1. The summed E-state index contributed by atoms with van der Waals surface area (Å²) in [7, 11) is 2.21. The molecule has 1 aromatic carbocycles. The Morgan fingerprint density at radius 1 is 1.04 bits per heavy atom. The monoisotopic (exact) mass is 329 g/mol. The molecule has 2 fully saturated rings. The SMILES string of the molecule is CC(=O)N1CCN(C2CCC(CN(C)c3ccccc3)CC2)CC1. The summed E-state index contributed by atoms with van der Waals surface area (Å²) in [5, 5.41) is 0. The van der Waals surface area contributed by atoms with Gasteiger partial charge in [0.15, 0.2) is 0 Å². The molecule has 0 atom stereocenters. The van der Waals surface area contributed by atoms with E-state index in [9.17, 15) is 4.79 Å². The Morgan fingerprint density at radius 2 is 1.67 bits per heavy atom. The van der Waals surface area contributed by atoms with Crippen LogP contribution in [0.2, 0.25) is 0 Å². The van der Waals surface area contributed by atoms with Crippen LogP contribution in [0.3, 0.4) is 0 Å². The summed E-state index contributed by atoms with van der Waals surface area (Å²) in [5.74, 6) is 1.03. The van der Waals surface area contributed by atoms with Crippen LogP contribution in [0.5, 0.6) is 0 Å². The van der Waals surface area contributed by atoms with Gasteiger partial charge in [-0.2, -0.15) is 0 Å². The average molecular weight is 329 g/mol. The third kappa shape index (κ3) is 4.29. The van der Waals surface area contributed by atoms with Crippen molar-refractivity contribution in [3.8, 4) is 0 Å². The molecule has 1 amide bonds. The lowest BCUT2D eigenvalue weighted by molar-refractivity contribution is -0.131. The first-order chi connectivity index (χ1) is 11.6. The molecule has 132 valence electrons. The number of amides is 1. The summed E-state index contributed by atoms with van der Waals surface area (Å²) in [6.07, 6.45) is 5.28. The lowest BCUT2D eigenvalue weighted by Crippen LogP contribution is -2.52. The topological polar surface area (TPSA) is 26.8 Å². The average Bonchev–Trinajstić information content (AvgIpc) is 2.63. The minimum atomic E-state index is 0.224. The Morgan fingerprint density at radius 3 is 2.25 bits per heavy atom. The molecule has 0 N–H and O–H groups in total. The molecule has 1 saturated carbocycles. The Bertz CT molecular complexity index is 517. The minimum Gasteiger partial charge on any atom is -0.374 e. The Balaban J connectivity index is 1.42. The second-order valence-corrected chi connectivity index (χ2v) is 7.43. The van der Waals surface area contributed by atoms with Gasteiger partial charge in [0.05, 0.1) is 0 Å². The van der Waals surface area contributed by atoms with Crippen LogP contribution in [0, 0.1) is 5.92 Å². The highest BCUT2D eigenvalue weighted by Gasteiger charge is 2.29. The molecule has 4 nitrogen and oxygen atoms in total. The van der Waals surface area contributed by atoms with E-state index in [1.165, 1.54) is 31.4 Å². The largest absolute Gasteiger partial charge is 0.374 e. The first kappa shape index (κ1) is 17.3. The van der Waals surface area contributed by atoms with Crippen molar-refractivity contribution in [1.29, 1.82) is 0 Å². The van der Waals surface area contributed by atoms with Crippen molar-refractivity contribution >= 4 is 11.6 Å². The number of hydrogen-bond acceptors (Lipinski definition) is 3. The highest BCUT2D eigenvalue weighted by molar-refractivity contribution is 5.73. The van der Waals surface area contributed by atoms with E-state index < -0.39 is 0 Å². The second kappa shape index (κ2) is 8.02. The molecule has 0 unspecified atom stereocenters. The van der Waals surface area contributed by atoms with Gasteiger partial charge in [0.25, 0.3) is 0 Å². The van der Waals surface area contributed by atoms with Crippen LogP contribution in [0.1, 0.15) is 32.6 Å². The van der Waals surface area contributed by atoms with Crippen molar-refractivity contribution in [2.75, 3.05) is 44.7 Å². The molecule has 1 aromatic rings. The first-order valence-electron chi connectivity index (χ1n) is 9.39. The summed E-state index contributed by atoms with van der Waals surface area (Å²) >= 11 is 0. The molecular formula is C20H31N3O. The Kier molecular flexibility index (Phi) is 5.77. The number of carbonyl (C=O) groups excluding carboxylic acids is 1. The molecule has 24 heavy (non-hydrogen) atoms. The third-order valence-corrected chi connectivity index (χ3v) is 5.82. The Labute approximate surface area is 146 Å². The predicted molar refractivity (Wildman–Crippen MR) is 99.3 cm³/mol. The fourth-order valence-corrected chi connectivity index (χ4v) is 4.27. The molecule has 4 heteroatoms. The number of anilines is 1. The maximum atomic E-state index is 11.4. The van der Waals surface area contributed by atoms with E-state index in [4.69, 9.17) is 0 Å². The maximum absolute atomic E-state index is 11.4.